The molecule has 0 radical (unpaired) electrons. The first-order chi connectivity index (χ1) is 12.7. The maximum absolute atomic E-state index is 10.7. The topological polar surface area (TPSA) is 88.4 Å². The summed E-state index contributed by atoms with van der Waals surface area (Å²) in [6.07, 6.45) is -5.10. The molecule has 0 aromatic heterocycles. The SMILES string of the molecule is OC[C@H]1O[C@@H](O)[C@H](OCc2ccccc2)[C@@H](O)[C@H]1OCc1ccccc1. The van der Waals surface area contributed by atoms with Crippen molar-refractivity contribution in [1.29, 1.82) is 0 Å². The third-order valence-corrected chi connectivity index (χ3v) is 4.39. The summed E-state index contributed by atoms with van der Waals surface area (Å²) in [5, 5.41) is 30.3. The molecule has 3 rings (SSSR count). The molecule has 0 bridgehead atoms. The molecule has 2 aromatic rings. The highest BCUT2D eigenvalue weighted by atomic mass is 16.7. The van der Waals surface area contributed by atoms with Crippen molar-refractivity contribution in [1.82, 2.24) is 0 Å². The van der Waals surface area contributed by atoms with Crippen molar-refractivity contribution >= 4 is 0 Å². The van der Waals surface area contributed by atoms with Crippen LogP contribution < -0.4 is 0 Å². The molecule has 1 aliphatic heterocycles. The zero-order valence-corrected chi connectivity index (χ0v) is 14.3. The van der Waals surface area contributed by atoms with Crippen LogP contribution in [0.25, 0.3) is 0 Å². The van der Waals surface area contributed by atoms with Crippen molar-refractivity contribution in [3.63, 3.8) is 0 Å². The van der Waals surface area contributed by atoms with Crippen LogP contribution in [0.4, 0.5) is 0 Å². The molecule has 1 saturated heterocycles. The van der Waals surface area contributed by atoms with Gasteiger partial charge >= 0.3 is 0 Å². The molecule has 0 spiro atoms. The summed E-state index contributed by atoms with van der Waals surface area (Å²) in [6, 6.07) is 19.0. The minimum Gasteiger partial charge on any atom is -0.394 e. The van der Waals surface area contributed by atoms with E-state index in [1.165, 1.54) is 0 Å². The third-order valence-electron chi connectivity index (χ3n) is 4.39. The summed E-state index contributed by atoms with van der Waals surface area (Å²) < 4.78 is 16.9. The highest BCUT2D eigenvalue weighted by molar-refractivity contribution is 5.14. The van der Waals surface area contributed by atoms with Crippen molar-refractivity contribution in [3.05, 3.63) is 71.8 Å². The van der Waals surface area contributed by atoms with Crippen LogP contribution in [-0.4, -0.2) is 52.6 Å². The molecule has 1 aliphatic rings. The number of rotatable bonds is 7. The fourth-order valence-corrected chi connectivity index (χ4v) is 2.98. The Labute approximate surface area is 152 Å². The van der Waals surface area contributed by atoms with E-state index in [0.717, 1.165) is 11.1 Å². The quantitative estimate of drug-likeness (QED) is 0.688. The average Bonchev–Trinajstić information content (AvgIpc) is 2.68. The Hall–Kier alpha value is -1.80. The van der Waals surface area contributed by atoms with Crippen molar-refractivity contribution in [2.24, 2.45) is 0 Å². The smallest absolute Gasteiger partial charge is 0.184 e. The van der Waals surface area contributed by atoms with Crippen LogP contribution in [0.3, 0.4) is 0 Å². The van der Waals surface area contributed by atoms with Crippen LogP contribution in [-0.2, 0) is 27.4 Å². The molecule has 0 aliphatic carbocycles. The van der Waals surface area contributed by atoms with Crippen LogP contribution >= 0.6 is 0 Å². The first-order valence-electron chi connectivity index (χ1n) is 8.62. The Balaban J connectivity index is 1.64. The van der Waals surface area contributed by atoms with E-state index < -0.39 is 30.7 Å². The Bertz CT molecular complexity index is 650. The molecule has 3 N–H and O–H groups in total. The van der Waals surface area contributed by atoms with Gasteiger partial charge in [-0.15, -0.1) is 0 Å². The zero-order chi connectivity index (χ0) is 18.4. The van der Waals surface area contributed by atoms with E-state index in [-0.39, 0.29) is 19.8 Å². The molecule has 0 unspecified atom stereocenters. The van der Waals surface area contributed by atoms with Crippen LogP contribution in [0.1, 0.15) is 11.1 Å². The lowest BCUT2D eigenvalue weighted by atomic mass is 9.98. The number of hydrogen-bond acceptors (Lipinski definition) is 6. The zero-order valence-electron chi connectivity index (χ0n) is 14.3. The summed E-state index contributed by atoms with van der Waals surface area (Å²) in [5.74, 6) is 0. The maximum Gasteiger partial charge on any atom is 0.184 e. The van der Waals surface area contributed by atoms with Crippen LogP contribution in [0.15, 0.2) is 60.7 Å². The van der Waals surface area contributed by atoms with Gasteiger partial charge in [-0.3, -0.25) is 0 Å². The molecule has 1 fully saturated rings. The van der Waals surface area contributed by atoms with E-state index in [4.69, 9.17) is 14.2 Å². The molecule has 6 heteroatoms. The largest absolute Gasteiger partial charge is 0.394 e. The normalized spacial score (nSPS) is 28.8. The first-order valence-corrected chi connectivity index (χ1v) is 8.62. The molecule has 5 atom stereocenters. The molecule has 0 amide bonds. The fourth-order valence-electron chi connectivity index (χ4n) is 2.98. The highest BCUT2D eigenvalue weighted by Crippen LogP contribution is 2.26. The van der Waals surface area contributed by atoms with Crippen molar-refractivity contribution < 1.29 is 29.5 Å². The van der Waals surface area contributed by atoms with Gasteiger partial charge in [-0.25, -0.2) is 0 Å². The lowest BCUT2D eigenvalue weighted by molar-refractivity contribution is -0.306. The molecule has 0 saturated carbocycles. The van der Waals surface area contributed by atoms with E-state index in [1.807, 2.05) is 60.7 Å². The summed E-state index contributed by atoms with van der Waals surface area (Å²) in [6.45, 7) is 0.0983. The predicted octanol–water partition coefficient (Wildman–Crippen LogP) is 1.23. The van der Waals surface area contributed by atoms with E-state index in [9.17, 15) is 15.3 Å². The van der Waals surface area contributed by atoms with Crippen LogP contribution in [0, 0.1) is 0 Å². The van der Waals surface area contributed by atoms with Crippen molar-refractivity contribution in [3.8, 4) is 0 Å². The molecular weight excluding hydrogens is 336 g/mol. The Morgan fingerprint density at radius 2 is 1.27 bits per heavy atom. The second-order valence-corrected chi connectivity index (χ2v) is 6.26. The molecule has 2 aromatic carbocycles. The third kappa shape index (κ3) is 4.67. The van der Waals surface area contributed by atoms with Crippen LogP contribution in [0.2, 0.25) is 0 Å². The minimum atomic E-state index is -1.34. The summed E-state index contributed by atoms with van der Waals surface area (Å²) in [7, 11) is 0. The second kappa shape index (κ2) is 9.23. The van der Waals surface area contributed by atoms with Gasteiger partial charge in [0, 0.05) is 0 Å². The van der Waals surface area contributed by atoms with Gasteiger partial charge in [-0.2, -0.15) is 0 Å². The van der Waals surface area contributed by atoms with Gasteiger partial charge in [0.05, 0.1) is 19.8 Å². The average molecular weight is 360 g/mol. The Morgan fingerprint density at radius 1 is 0.769 bits per heavy atom. The van der Waals surface area contributed by atoms with Gasteiger partial charge < -0.3 is 29.5 Å². The van der Waals surface area contributed by atoms with Gasteiger partial charge in [0.15, 0.2) is 6.29 Å². The van der Waals surface area contributed by atoms with Gasteiger partial charge in [0.1, 0.15) is 24.4 Å². The maximum atomic E-state index is 10.7. The second-order valence-electron chi connectivity index (χ2n) is 6.26. The molecule has 140 valence electrons. The van der Waals surface area contributed by atoms with E-state index in [2.05, 4.69) is 0 Å². The number of aliphatic hydroxyl groups excluding tert-OH is 3. The fraction of sp³-hybridized carbons (Fsp3) is 0.400. The number of hydrogen-bond donors (Lipinski definition) is 3. The number of benzene rings is 2. The monoisotopic (exact) mass is 360 g/mol. The molecular formula is C20H24O6. The van der Waals surface area contributed by atoms with Crippen molar-refractivity contribution in [2.75, 3.05) is 6.61 Å². The van der Waals surface area contributed by atoms with Crippen molar-refractivity contribution in [2.45, 2.75) is 43.9 Å². The van der Waals surface area contributed by atoms with Gasteiger partial charge in [0.2, 0.25) is 0 Å². The van der Waals surface area contributed by atoms with E-state index >= 15 is 0 Å². The first kappa shape index (κ1) is 19.0. The van der Waals surface area contributed by atoms with E-state index in [1.54, 1.807) is 0 Å². The van der Waals surface area contributed by atoms with Crippen LogP contribution in [0.5, 0.6) is 0 Å². The molecule has 6 nitrogen and oxygen atoms in total. The Morgan fingerprint density at radius 3 is 1.77 bits per heavy atom. The highest BCUT2D eigenvalue weighted by Gasteiger charge is 2.45. The predicted molar refractivity (Wildman–Crippen MR) is 94.0 cm³/mol. The molecule has 1 heterocycles. The lowest BCUT2D eigenvalue weighted by Gasteiger charge is -2.41. The van der Waals surface area contributed by atoms with Gasteiger partial charge in [0.25, 0.3) is 0 Å². The summed E-state index contributed by atoms with van der Waals surface area (Å²) in [4.78, 5) is 0. The molecule has 26 heavy (non-hydrogen) atoms. The number of aliphatic hydroxyl groups is 3. The number of ether oxygens (including phenoxy) is 3. The lowest BCUT2D eigenvalue weighted by Crippen LogP contribution is -2.60. The standard InChI is InChI=1S/C20H24O6/c21-11-16-18(24-12-14-7-3-1-4-8-14)17(22)19(20(23)26-16)25-13-15-9-5-2-6-10-15/h1-10,16-23H,11-13H2/t16-,17+,18+,19-,20-/m1/s1. The van der Waals surface area contributed by atoms with Gasteiger partial charge in [-0.05, 0) is 11.1 Å². The summed E-state index contributed by atoms with van der Waals surface area (Å²) in [5.41, 5.74) is 1.85. The Kier molecular flexibility index (Phi) is 6.73. The minimum absolute atomic E-state index is 0.220. The summed E-state index contributed by atoms with van der Waals surface area (Å²) >= 11 is 0. The van der Waals surface area contributed by atoms with E-state index in [0.29, 0.717) is 0 Å². The van der Waals surface area contributed by atoms with Gasteiger partial charge in [-0.1, -0.05) is 60.7 Å².